The molecule has 0 bridgehead atoms. The van der Waals surface area contributed by atoms with E-state index in [0.29, 0.717) is 23.8 Å². The summed E-state index contributed by atoms with van der Waals surface area (Å²) in [5.41, 5.74) is 4.05. The van der Waals surface area contributed by atoms with E-state index in [2.05, 4.69) is 54.5 Å². The lowest BCUT2D eigenvalue weighted by Crippen LogP contribution is -1.97. The summed E-state index contributed by atoms with van der Waals surface area (Å²) in [5, 5.41) is 9.67. The number of aromatic amines is 1. The van der Waals surface area contributed by atoms with Gasteiger partial charge in [0.2, 0.25) is 0 Å². The highest BCUT2D eigenvalue weighted by Gasteiger charge is 2.13. The number of nitrogens with zero attached hydrogens (tertiary/aromatic N) is 2. The van der Waals surface area contributed by atoms with Crippen molar-refractivity contribution in [3.05, 3.63) is 68.9 Å². The number of fused-ring (bicyclic) bond motifs is 1. The van der Waals surface area contributed by atoms with E-state index in [9.17, 15) is 5.26 Å². The molecular formula is C20H15Br2N3O. The van der Waals surface area contributed by atoms with Gasteiger partial charge >= 0.3 is 0 Å². The molecule has 26 heavy (non-hydrogen) atoms. The molecule has 0 atom stereocenters. The van der Waals surface area contributed by atoms with Crippen molar-refractivity contribution in [1.82, 2.24) is 9.97 Å². The summed E-state index contributed by atoms with van der Waals surface area (Å²) in [7, 11) is 0. The van der Waals surface area contributed by atoms with E-state index < -0.39 is 0 Å². The number of H-pyrrole nitrogens is 1. The van der Waals surface area contributed by atoms with Crippen molar-refractivity contribution in [3.8, 4) is 11.8 Å². The highest BCUT2D eigenvalue weighted by Crippen LogP contribution is 2.35. The average molecular weight is 473 g/mol. The highest BCUT2D eigenvalue weighted by molar-refractivity contribution is 9.11. The molecule has 0 saturated heterocycles. The Morgan fingerprint density at radius 2 is 2.15 bits per heavy atom. The standard InChI is InChI=1S/C20H15Br2N3O/c1-3-6-26-19-13(9-15(21)10-16(19)22)8-14(11-23)20-24-17-5-4-12(2)7-18(17)25-20/h3-5,7-10H,1,6H2,2H3,(H,24,25)/b14-8-. The van der Waals surface area contributed by atoms with Gasteiger partial charge in [-0.3, -0.25) is 0 Å². The topological polar surface area (TPSA) is 61.7 Å². The number of hydrogen-bond donors (Lipinski definition) is 1. The molecule has 3 rings (SSSR count). The summed E-state index contributed by atoms with van der Waals surface area (Å²) < 4.78 is 7.42. The Balaban J connectivity index is 2.11. The van der Waals surface area contributed by atoms with Crippen LogP contribution in [-0.2, 0) is 0 Å². The minimum atomic E-state index is 0.368. The van der Waals surface area contributed by atoms with Crippen LogP contribution in [0.5, 0.6) is 5.75 Å². The van der Waals surface area contributed by atoms with Crippen LogP contribution in [0.15, 0.2) is 51.9 Å². The van der Waals surface area contributed by atoms with Gasteiger partial charge in [0.1, 0.15) is 24.3 Å². The molecule has 6 heteroatoms. The van der Waals surface area contributed by atoms with Crippen molar-refractivity contribution in [2.75, 3.05) is 6.61 Å². The molecule has 0 aliphatic heterocycles. The number of benzene rings is 2. The van der Waals surface area contributed by atoms with Crippen LogP contribution in [0.1, 0.15) is 17.0 Å². The molecule has 2 aromatic carbocycles. The first-order valence-corrected chi connectivity index (χ1v) is 9.41. The predicted molar refractivity (Wildman–Crippen MR) is 112 cm³/mol. The first-order valence-electron chi connectivity index (χ1n) is 7.83. The Labute approximate surface area is 168 Å². The second kappa shape index (κ2) is 7.90. The van der Waals surface area contributed by atoms with E-state index in [0.717, 1.165) is 31.1 Å². The van der Waals surface area contributed by atoms with E-state index in [4.69, 9.17) is 4.74 Å². The summed E-state index contributed by atoms with van der Waals surface area (Å²) in [6.07, 6.45) is 3.44. The molecule has 0 radical (unpaired) electrons. The fourth-order valence-electron chi connectivity index (χ4n) is 2.54. The van der Waals surface area contributed by atoms with Crippen LogP contribution in [0, 0.1) is 18.3 Å². The van der Waals surface area contributed by atoms with Crippen LogP contribution in [0.3, 0.4) is 0 Å². The van der Waals surface area contributed by atoms with Gasteiger partial charge in [-0.05, 0) is 58.8 Å². The zero-order valence-electron chi connectivity index (χ0n) is 14.0. The number of nitriles is 1. The van der Waals surface area contributed by atoms with Gasteiger partial charge < -0.3 is 9.72 Å². The van der Waals surface area contributed by atoms with Crippen LogP contribution in [-0.4, -0.2) is 16.6 Å². The number of imidazole rings is 1. The zero-order chi connectivity index (χ0) is 18.7. The van der Waals surface area contributed by atoms with Gasteiger partial charge in [0.05, 0.1) is 21.1 Å². The number of allylic oxidation sites excluding steroid dienone is 1. The smallest absolute Gasteiger partial charge is 0.149 e. The molecule has 0 aliphatic carbocycles. The van der Waals surface area contributed by atoms with Gasteiger partial charge in [-0.25, -0.2) is 4.98 Å². The van der Waals surface area contributed by atoms with Crippen molar-refractivity contribution < 1.29 is 4.74 Å². The lowest BCUT2D eigenvalue weighted by molar-refractivity contribution is 0.360. The highest BCUT2D eigenvalue weighted by atomic mass is 79.9. The first-order chi connectivity index (χ1) is 12.5. The molecule has 0 amide bonds. The van der Waals surface area contributed by atoms with Gasteiger partial charge in [-0.1, -0.05) is 34.7 Å². The monoisotopic (exact) mass is 471 g/mol. The van der Waals surface area contributed by atoms with E-state index in [1.54, 1.807) is 12.2 Å². The van der Waals surface area contributed by atoms with Crippen molar-refractivity contribution in [1.29, 1.82) is 5.26 Å². The lowest BCUT2D eigenvalue weighted by Gasteiger charge is -2.11. The third-order valence-electron chi connectivity index (χ3n) is 3.70. The van der Waals surface area contributed by atoms with Gasteiger partial charge in [-0.2, -0.15) is 5.26 Å². The Morgan fingerprint density at radius 1 is 1.35 bits per heavy atom. The maximum absolute atomic E-state index is 9.67. The number of ether oxygens (including phenoxy) is 1. The quantitative estimate of drug-likeness (QED) is 0.364. The van der Waals surface area contributed by atoms with E-state index in [1.165, 1.54) is 0 Å². The molecule has 0 unspecified atom stereocenters. The largest absolute Gasteiger partial charge is 0.488 e. The number of aryl methyl sites for hydroxylation is 1. The Hall–Kier alpha value is -2.36. The molecule has 3 aromatic rings. The fraction of sp³-hybridized carbons (Fsp3) is 0.100. The van der Waals surface area contributed by atoms with Gasteiger partial charge in [-0.15, -0.1) is 0 Å². The third kappa shape index (κ3) is 3.90. The lowest BCUT2D eigenvalue weighted by atomic mass is 10.1. The Morgan fingerprint density at radius 3 is 2.88 bits per heavy atom. The molecule has 1 aromatic heterocycles. The van der Waals surface area contributed by atoms with Crippen molar-refractivity contribution in [3.63, 3.8) is 0 Å². The van der Waals surface area contributed by atoms with Crippen LogP contribution in [0.25, 0.3) is 22.7 Å². The molecule has 1 heterocycles. The minimum Gasteiger partial charge on any atom is -0.488 e. The van der Waals surface area contributed by atoms with Crippen LogP contribution >= 0.6 is 31.9 Å². The summed E-state index contributed by atoms with van der Waals surface area (Å²) in [4.78, 5) is 7.75. The number of halogens is 2. The first kappa shape index (κ1) is 18.4. The number of aromatic nitrogens is 2. The molecule has 0 fully saturated rings. The number of nitrogens with one attached hydrogen (secondary N) is 1. The zero-order valence-corrected chi connectivity index (χ0v) is 17.2. The Kier molecular flexibility index (Phi) is 5.60. The van der Waals surface area contributed by atoms with Gasteiger partial charge in [0.25, 0.3) is 0 Å². The Bertz CT molecular complexity index is 1060. The molecular weight excluding hydrogens is 458 g/mol. The predicted octanol–water partition coefficient (Wildman–Crippen LogP) is 6.03. The van der Waals surface area contributed by atoms with Crippen molar-refractivity contribution in [2.24, 2.45) is 0 Å². The number of hydrogen-bond acceptors (Lipinski definition) is 3. The van der Waals surface area contributed by atoms with Crippen LogP contribution < -0.4 is 4.74 Å². The normalized spacial score (nSPS) is 11.4. The molecule has 0 saturated carbocycles. The van der Waals surface area contributed by atoms with Crippen LogP contribution in [0.2, 0.25) is 0 Å². The van der Waals surface area contributed by atoms with Crippen molar-refractivity contribution >= 4 is 54.5 Å². The fourth-order valence-corrected chi connectivity index (χ4v) is 3.91. The summed E-state index contributed by atoms with van der Waals surface area (Å²) in [6, 6.07) is 12.0. The summed E-state index contributed by atoms with van der Waals surface area (Å²) in [6.45, 7) is 6.06. The number of rotatable bonds is 5. The van der Waals surface area contributed by atoms with E-state index in [-0.39, 0.29) is 0 Å². The second-order valence-corrected chi connectivity index (χ2v) is 7.45. The van der Waals surface area contributed by atoms with E-state index >= 15 is 0 Å². The van der Waals surface area contributed by atoms with Gasteiger partial charge in [0.15, 0.2) is 0 Å². The van der Waals surface area contributed by atoms with Crippen molar-refractivity contribution in [2.45, 2.75) is 6.92 Å². The summed E-state index contributed by atoms with van der Waals surface area (Å²) >= 11 is 6.99. The summed E-state index contributed by atoms with van der Waals surface area (Å²) in [5.74, 6) is 1.17. The van der Waals surface area contributed by atoms with Crippen LogP contribution in [0.4, 0.5) is 0 Å². The maximum atomic E-state index is 9.67. The minimum absolute atomic E-state index is 0.368. The molecule has 4 nitrogen and oxygen atoms in total. The molecule has 130 valence electrons. The molecule has 0 spiro atoms. The third-order valence-corrected chi connectivity index (χ3v) is 4.74. The SMILES string of the molecule is C=CCOc1c(Br)cc(Br)cc1/C=C(/C#N)c1nc2ccc(C)cc2[nH]1. The molecule has 0 aliphatic rings. The maximum Gasteiger partial charge on any atom is 0.149 e. The molecule has 1 N–H and O–H groups in total. The van der Waals surface area contributed by atoms with Gasteiger partial charge in [0, 0.05) is 10.0 Å². The second-order valence-electron chi connectivity index (χ2n) is 5.68. The van der Waals surface area contributed by atoms with E-state index in [1.807, 2.05) is 37.3 Å². The average Bonchev–Trinajstić information content (AvgIpc) is 3.01.